The molecular weight excluding hydrogens is 258 g/mol. The quantitative estimate of drug-likeness (QED) is 0.814. The third kappa shape index (κ3) is 3.33. The fourth-order valence-electron chi connectivity index (χ4n) is 2.88. The van der Waals surface area contributed by atoms with E-state index in [-0.39, 0.29) is 11.8 Å². The molecule has 0 bridgehead atoms. The topological polar surface area (TPSA) is 20.3 Å². The molecule has 1 atom stereocenters. The summed E-state index contributed by atoms with van der Waals surface area (Å²) in [7, 11) is 1.91. The van der Waals surface area contributed by atoms with Crippen LogP contribution in [-0.4, -0.2) is 17.9 Å². The summed E-state index contributed by atoms with van der Waals surface area (Å²) >= 11 is 0. The molecule has 2 heteroatoms. The number of amides is 1. The van der Waals surface area contributed by atoms with Gasteiger partial charge in [-0.25, -0.2) is 0 Å². The molecule has 1 saturated carbocycles. The van der Waals surface area contributed by atoms with Crippen LogP contribution in [-0.2, 0) is 11.3 Å². The number of likely N-dealkylation sites (N-methyl/N-ethyl adjacent to an activating group) is 1. The summed E-state index contributed by atoms with van der Waals surface area (Å²) in [5.41, 5.74) is 2.33. The number of carbonyl (C=O) groups is 1. The van der Waals surface area contributed by atoms with Crippen molar-refractivity contribution in [2.24, 2.45) is 5.92 Å². The number of rotatable bonds is 5. The largest absolute Gasteiger partial charge is 0.341 e. The first-order chi connectivity index (χ1) is 10.3. The number of nitrogens with zero attached hydrogens (tertiary/aromatic N) is 1. The maximum atomic E-state index is 12.9. The van der Waals surface area contributed by atoms with Crippen molar-refractivity contribution in [2.45, 2.75) is 25.3 Å². The number of hydrogen-bond acceptors (Lipinski definition) is 1. The third-order valence-corrected chi connectivity index (χ3v) is 4.16. The smallest absolute Gasteiger partial charge is 0.230 e. The van der Waals surface area contributed by atoms with Gasteiger partial charge in [0.25, 0.3) is 0 Å². The van der Waals surface area contributed by atoms with Crippen LogP contribution in [0, 0.1) is 5.92 Å². The highest BCUT2D eigenvalue weighted by Crippen LogP contribution is 2.43. The third-order valence-electron chi connectivity index (χ3n) is 4.16. The van der Waals surface area contributed by atoms with Crippen molar-refractivity contribution >= 4 is 5.91 Å². The van der Waals surface area contributed by atoms with E-state index in [2.05, 4.69) is 24.3 Å². The van der Waals surface area contributed by atoms with Gasteiger partial charge in [0, 0.05) is 13.6 Å². The monoisotopic (exact) mass is 279 g/mol. The van der Waals surface area contributed by atoms with Crippen LogP contribution >= 0.6 is 0 Å². The minimum Gasteiger partial charge on any atom is -0.341 e. The van der Waals surface area contributed by atoms with Crippen molar-refractivity contribution in [3.63, 3.8) is 0 Å². The van der Waals surface area contributed by atoms with Gasteiger partial charge in [0.15, 0.2) is 0 Å². The van der Waals surface area contributed by atoms with Crippen LogP contribution in [0.25, 0.3) is 0 Å². The van der Waals surface area contributed by atoms with Gasteiger partial charge in [-0.3, -0.25) is 4.79 Å². The summed E-state index contributed by atoms with van der Waals surface area (Å²) in [4.78, 5) is 14.7. The lowest BCUT2D eigenvalue weighted by molar-refractivity contribution is -0.132. The SMILES string of the molecule is CN(Cc1ccccc1)C(=O)C(c1ccccc1)C1CC1. The molecule has 0 radical (unpaired) electrons. The molecule has 0 N–H and O–H groups in total. The molecule has 1 amide bonds. The predicted molar refractivity (Wildman–Crippen MR) is 84.8 cm³/mol. The Hall–Kier alpha value is -2.09. The second-order valence-electron chi connectivity index (χ2n) is 5.91. The first kappa shape index (κ1) is 13.9. The zero-order valence-corrected chi connectivity index (χ0v) is 12.4. The van der Waals surface area contributed by atoms with Gasteiger partial charge in [-0.15, -0.1) is 0 Å². The molecule has 2 nitrogen and oxygen atoms in total. The maximum absolute atomic E-state index is 12.9. The molecule has 1 aliphatic rings. The molecule has 2 aromatic carbocycles. The van der Waals surface area contributed by atoms with Crippen molar-refractivity contribution in [1.29, 1.82) is 0 Å². The van der Waals surface area contributed by atoms with Gasteiger partial charge in [0.05, 0.1) is 5.92 Å². The van der Waals surface area contributed by atoms with Gasteiger partial charge in [0.2, 0.25) is 5.91 Å². The lowest BCUT2D eigenvalue weighted by Gasteiger charge is -2.24. The Morgan fingerprint density at radius 2 is 1.62 bits per heavy atom. The summed E-state index contributed by atoms with van der Waals surface area (Å²) in [5.74, 6) is 0.797. The molecule has 3 rings (SSSR count). The van der Waals surface area contributed by atoms with Gasteiger partial charge < -0.3 is 4.90 Å². The van der Waals surface area contributed by atoms with Gasteiger partial charge in [-0.05, 0) is 29.9 Å². The fourth-order valence-corrected chi connectivity index (χ4v) is 2.88. The van der Waals surface area contributed by atoms with E-state index in [1.165, 1.54) is 18.4 Å². The minimum absolute atomic E-state index is 0.0277. The Morgan fingerprint density at radius 1 is 1.05 bits per heavy atom. The second-order valence-corrected chi connectivity index (χ2v) is 5.91. The zero-order chi connectivity index (χ0) is 14.7. The summed E-state index contributed by atoms with van der Waals surface area (Å²) in [5, 5.41) is 0. The maximum Gasteiger partial charge on any atom is 0.230 e. The van der Waals surface area contributed by atoms with Crippen molar-refractivity contribution < 1.29 is 4.79 Å². The molecule has 1 unspecified atom stereocenters. The average molecular weight is 279 g/mol. The van der Waals surface area contributed by atoms with Crippen LogP contribution in [0.1, 0.15) is 29.9 Å². The summed E-state index contributed by atoms with van der Waals surface area (Å²) in [6.07, 6.45) is 2.34. The Kier molecular flexibility index (Phi) is 4.05. The van der Waals surface area contributed by atoms with Crippen LogP contribution in [0.3, 0.4) is 0 Å². The second kappa shape index (κ2) is 6.13. The molecule has 1 fully saturated rings. The number of carbonyl (C=O) groups excluding carboxylic acids is 1. The Bertz CT molecular complexity index is 589. The highest BCUT2D eigenvalue weighted by Gasteiger charge is 2.38. The molecule has 0 heterocycles. The molecule has 21 heavy (non-hydrogen) atoms. The van der Waals surface area contributed by atoms with Gasteiger partial charge in [-0.2, -0.15) is 0 Å². The van der Waals surface area contributed by atoms with E-state index < -0.39 is 0 Å². The van der Waals surface area contributed by atoms with Crippen LogP contribution in [0.15, 0.2) is 60.7 Å². The van der Waals surface area contributed by atoms with Crippen molar-refractivity contribution in [3.8, 4) is 0 Å². The first-order valence-electron chi connectivity index (χ1n) is 7.59. The predicted octanol–water partition coefficient (Wildman–Crippen LogP) is 3.84. The van der Waals surface area contributed by atoms with Crippen molar-refractivity contribution in [2.75, 3.05) is 7.05 Å². The summed E-state index contributed by atoms with van der Waals surface area (Å²) < 4.78 is 0. The van der Waals surface area contributed by atoms with E-state index >= 15 is 0 Å². The fraction of sp³-hybridized carbons (Fsp3) is 0.316. The van der Waals surface area contributed by atoms with Gasteiger partial charge in [0.1, 0.15) is 0 Å². The summed E-state index contributed by atoms with van der Waals surface area (Å²) in [6.45, 7) is 0.676. The molecule has 1 aliphatic carbocycles. The average Bonchev–Trinajstić information content (AvgIpc) is 3.34. The standard InChI is InChI=1S/C19H21NO/c1-20(14-15-8-4-2-5-9-15)19(21)18(17-12-13-17)16-10-6-3-7-11-16/h2-11,17-18H,12-14H2,1H3. The molecule has 0 aliphatic heterocycles. The Balaban J connectivity index is 1.75. The lowest BCUT2D eigenvalue weighted by atomic mass is 9.92. The van der Waals surface area contributed by atoms with E-state index in [9.17, 15) is 4.79 Å². The van der Waals surface area contributed by atoms with Crippen molar-refractivity contribution in [1.82, 2.24) is 4.90 Å². The minimum atomic E-state index is 0.0277. The van der Waals surface area contributed by atoms with Crippen LogP contribution in [0.4, 0.5) is 0 Å². The molecule has 0 aromatic heterocycles. The van der Waals surface area contributed by atoms with Crippen LogP contribution < -0.4 is 0 Å². The summed E-state index contributed by atoms with van der Waals surface area (Å²) in [6, 6.07) is 20.4. The lowest BCUT2D eigenvalue weighted by Crippen LogP contribution is -2.32. The molecule has 2 aromatic rings. The van der Waals surface area contributed by atoms with Crippen LogP contribution in [0.5, 0.6) is 0 Å². The van der Waals surface area contributed by atoms with E-state index in [4.69, 9.17) is 0 Å². The highest BCUT2D eigenvalue weighted by atomic mass is 16.2. The van der Waals surface area contributed by atoms with E-state index in [0.717, 1.165) is 5.56 Å². The van der Waals surface area contributed by atoms with E-state index in [0.29, 0.717) is 12.5 Å². The Morgan fingerprint density at radius 3 is 2.19 bits per heavy atom. The highest BCUT2D eigenvalue weighted by molar-refractivity contribution is 5.84. The molecular formula is C19H21NO. The van der Waals surface area contributed by atoms with E-state index in [1.54, 1.807) is 0 Å². The number of benzene rings is 2. The zero-order valence-electron chi connectivity index (χ0n) is 12.4. The number of hydrogen-bond donors (Lipinski definition) is 0. The Labute approximate surface area is 126 Å². The normalized spacial score (nSPS) is 15.5. The van der Waals surface area contributed by atoms with E-state index in [1.807, 2.05) is 48.3 Å². The molecule has 108 valence electrons. The molecule has 0 saturated heterocycles. The van der Waals surface area contributed by atoms with Crippen molar-refractivity contribution in [3.05, 3.63) is 71.8 Å². The van der Waals surface area contributed by atoms with Crippen LogP contribution in [0.2, 0.25) is 0 Å². The van der Waals surface area contributed by atoms with Gasteiger partial charge in [-0.1, -0.05) is 60.7 Å². The molecule has 0 spiro atoms. The van der Waals surface area contributed by atoms with Gasteiger partial charge >= 0.3 is 0 Å². The first-order valence-corrected chi connectivity index (χ1v) is 7.59.